The van der Waals surface area contributed by atoms with Crippen LogP contribution in [0.5, 0.6) is 5.75 Å². The van der Waals surface area contributed by atoms with E-state index in [-0.39, 0.29) is 0 Å². The molecule has 1 aromatic rings. The summed E-state index contributed by atoms with van der Waals surface area (Å²) in [5.74, 6) is 1.71. The summed E-state index contributed by atoms with van der Waals surface area (Å²) in [6, 6.07) is 3.87. The number of nitrogens with one attached hydrogen (secondary N) is 1. The van der Waals surface area contributed by atoms with Gasteiger partial charge in [0, 0.05) is 12.7 Å². The van der Waals surface area contributed by atoms with Crippen molar-refractivity contribution in [2.45, 2.75) is 26.2 Å². The second kappa shape index (κ2) is 8.75. The summed E-state index contributed by atoms with van der Waals surface area (Å²) < 4.78 is 5.65. The third kappa shape index (κ3) is 5.87. The molecule has 4 nitrogen and oxygen atoms in total. The van der Waals surface area contributed by atoms with Crippen LogP contribution in [0.3, 0.4) is 0 Å². The summed E-state index contributed by atoms with van der Waals surface area (Å²) in [5, 5.41) is 3.34. The third-order valence-electron chi connectivity index (χ3n) is 2.56. The molecule has 0 aliphatic rings. The minimum absolute atomic E-state index is 0.737. The van der Waals surface area contributed by atoms with Gasteiger partial charge in [0.15, 0.2) is 11.6 Å². The van der Waals surface area contributed by atoms with E-state index < -0.39 is 0 Å². The van der Waals surface area contributed by atoms with Crippen LogP contribution in [0, 0.1) is 0 Å². The molecule has 0 aromatic carbocycles. The molecular weight excluding hydrogens is 226 g/mol. The number of ether oxygens (including phenoxy) is 1. The topological polar surface area (TPSA) is 37.4 Å². The number of pyridine rings is 1. The smallest absolute Gasteiger partial charge is 0.168 e. The first kappa shape index (κ1) is 14.8. The van der Waals surface area contributed by atoms with E-state index in [1.165, 1.54) is 6.42 Å². The zero-order valence-corrected chi connectivity index (χ0v) is 11.8. The maximum Gasteiger partial charge on any atom is 0.168 e. The van der Waals surface area contributed by atoms with E-state index in [2.05, 4.69) is 36.2 Å². The molecule has 0 spiro atoms. The number of hydrogen-bond donors (Lipinski definition) is 1. The molecule has 0 fully saturated rings. The molecule has 102 valence electrons. The largest absolute Gasteiger partial charge is 0.490 e. The molecule has 0 unspecified atom stereocenters. The lowest BCUT2D eigenvalue weighted by atomic mass is 10.3. The normalized spacial score (nSPS) is 10.7. The molecule has 0 aliphatic carbocycles. The second-order valence-corrected chi connectivity index (χ2v) is 4.64. The van der Waals surface area contributed by atoms with Crippen LogP contribution in [0.2, 0.25) is 0 Å². The highest BCUT2D eigenvalue weighted by atomic mass is 16.5. The van der Waals surface area contributed by atoms with Crippen molar-refractivity contribution in [3.05, 3.63) is 18.3 Å². The van der Waals surface area contributed by atoms with Crippen molar-refractivity contribution >= 4 is 5.82 Å². The molecule has 0 radical (unpaired) electrons. The summed E-state index contributed by atoms with van der Waals surface area (Å²) in [6.07, 6.45) is 5.14. The Morgan fingerprint density at radius 3 is 2.89 bits per heavy atom. The van der Waals surface area contributed by atoms with E-state index in [1.807, 2.05) is 12.1 Å². The fourth-order valence-corrected chi connectivity index (χ4v) is 1.61. The Morgan fingerprint density at radius 2 is 2.17 bits per heavy atom. The molecule has 1 aromatic heterocycles. The van der Waals surface area contributed by atoms with Gasteiger partial charge >= 0.3 is 0 Å². The molecule has 0 amide bonds. The van der Waals surface area contributed by atoms with Crippen molar-refractivity contribution in [3.63, 3.8) is 0 Å². The van der Waals surface area contributed by atoms with Crippen molar-refractivity contribution in [2.24, 2.45) is 0 Å². The predicted molar refractivity (Wildman–Crippen MR) is 76.3 cm³/mol. The fourth-order valence-electron chi connectivity index (χ4n) is 1.61. The number of hydrogen-bond acceptors (Lipinski definition) is 4. The molecular formula is C14H25N3O. The van der Waals surface area contributed by atoms with E-state index in [4.69, 9.17) is 4.74 Å². The first-order valence-corrected chi connectivity index (χ1v) is 6.70. The molecule has 4 heteroatoms. The third-order valence-corrected chi connectivity index (χ3v) is 2.56. The van der Waals surface area contributed by atoms with Crippen molar-refractivity contribution < 1.29 is 4.74 Å². The Hall–Kier alpha value is -1.29. The van der Waals surface area contributed by atoms with Crippen LogP contribution in [-0.2, 0) is 0 Å². The first-order chi connectivity index (χ1) is 8.74. The second-order valence-electron chi connectivity index (χ2n) is 4.64. The van der Waals surface area contributed by atoms with E-state index in [9.17, 15) is 0 Å². The van der Waals surface area contributed by atoms with Gasteiger partial charge in [-0.05, 0) is 52.0 Å². The van der Waals surface area contributed by atoms with Crippen LogP contribution in [-0.4, -0.2) is 43.7 Å². The predicted octanol–water partition coefficient (Wildman–Crippen LogP) is 2.62. The van der Waals surface area contributed by atoms with E-state index in [0.29, 0.717) is 0 Å². The van der Waals surface area contributed by atoms with Crippen LogP contribution >= 0.6 is 0 Å². The van der Waals surface area contributed by atoms with Gasteiger partial charge in [0.05, 0.1) is 6.61 Å². The highest BCUT2D eigenvalue weighted by molar-refractivity contribution is 5.49. The average molecular weight is 251 g/mol. The molecule has 1 rings (SSSR count). The van der Waals surface area contributed by atoms with Crippen molar-refractivity contribution in [1.29, 1.82) is 0 Å². The van der Waals surface area contributed by atoms with Gasteiger partial charge in [-0.2, -0.15) is 0 Å². The van der Waals surface area contributed by atoms with Gasteiger partial charge in [0.2, 0.25) is 0 Å². The summed E-state index contributed by atoms with van der Waals surface area (Å²) in [7, 11) is 4.20. The lowest BCUT2D eigenvalue weighted by Gasteiger charge is -2.12. The highest BCUT2D eigenvalue weighted by Crippen LogP contribution is 2.20. The molecule has 0 atom stereocenters. The van der Waals surface area contributed by atoms with Crippen molar-refractivity contribution in [3.8, 4) is 5.75 Å². The molecule has 0 bridgehead atoms. The summed E-state index contributed by atoms with van der Waals surface area (Å²) in [5.41, 5.74) is 0. The molecule has 18 heavy (non-hydrogen) atoms. The number of anilines is 1. The van der Waals surface area contributed by atoms with Gasteiger partial charge in [0.25, 0.3) is 0 Å². The van der Waals surface area contributed by atoms with Crippen LogP contribution in [0.1, 0.15) is 26.2 Å². The van der Waals surface area contributed by atoms with Crippen molar-refractivity contribution in [1.82, 2.24) is 9.88 Å². The van der Waals surface area contributed by atoms with Crippen LogP contribution < -0.4 is 10.1 Å². The molecule has 0 saturated heterocycles. The summed E-state index contributed by atoms with van der Waals surface area (Å²) in [6.45, 7) is 4.90. The molecule has 1 heterocycles. The Balaban J connectivity index is 2.32. The van der Waals surface area contributed by atoms with Crippen LogP contribution in [0.4, 0.5) is 5.82 Å². The fraction of sp³-hybridized carbons (Fsp3) is 0.643. The Morgan fingerprint density at radius 1 is 1.33 bits per heavy atom. The minimum atomic E-state index is 0.737. The quantitative estimate of drug-likeness (QED) is 0.685. The standard InChI is InChI=1S/C14H25N3O/c1-4-12-18-13-8-7-10-16-14(13)15-9-5-6-11-17(2)3/h7-8,10H,4-6,9,11-12H2,1-3H3,(H,15,16). The zero-order valence-electron chi connectivity index (χ0n) is 11.8. The molecule has 0 saturated carbocycles. The zero-order chi connectivity index (χ0) is 13.2. The minimum Gasteiger partial charge on any atom is -0.490 e. The summed E-state index contributed by atoms with van der Waals surface area (Å²) >= 11 is 0. The number of aromatic nitrogens is 1. The highest BCUT2D eigenvalue weighted by Gasteiger charge is 2.03. The van der Waals surface area contributed by atoms with Crippen LogP contribution in [0.15, 0.2) is 18.3 Å². The number of unbranched alkanes of at least 4 members (excludes halogenated alkanes) is 1. The molecule has 0 aliphatic heterocycles. The monoisotopic (exact) mass is 251 g/mol. The van der Waals surface area contributed by atoms with Gasteiger partial charge in [-0.1, -0.05) is 6.92 Å². The van der Waals surface area contributed by atoms with E-state index >= 15 is 0 Å². The lowest BCUT2D eigenvalue weighted by Crippen LogP contribution is -2.14. The van der Waals surface area contributed by atoms with Gasteiger partial charge in [-0.3, -0.25) is 0 Å². The van der Waals surface area contributed by atoms with Gasteiger partial charge < -0.3 is 15.0 Å². The SMILES string of the molecule is CCCOc1cccnc1NCCCCN(C)C. The van der Waals surface area contributed by atoms with Gasteiger partial charge in [0.1, 0.15) is 0 Å². The summed E-state index contributed by atoms with van der Waals surface area (Å²) in [4.78, 5) is 6.52. The first-order valence-electron chi connectivity index (χ1n) is 6.70. The maximum absolute atomic E-state index is 5.65. The van der Waals surface area contributed by atoms with E-state index in [0.717, 1.165) is 44.1 Å². The van der Waals surface area contributed by atoms with Crippen LogP contribution in [0.25, 0.3) is 0 Å². The number of nitrogens with zero attached hydrogens (tertiary/aromatic N) is 2. The Kier molecular flexibility index (Phi) is 7.18. The Bertz CT molecular complexity index is 329. The van der Waals surface area contributed by atoms with Gasteiger partial charge in [-0.25, -0.2) is 4.98 Å². The molecule has 1 N–H and O–H groups in total. The lowest BCUT2D eigenvalue weighted by molar-refractivity contribution is 0.317. The number of rotatable bonds is 9. The van der Waals surface area contributed by atoms with E-state index in [1.54, 1.807) is 6.20 Å². The van der Waals surface area contributed by atoms with Gasteiger partial charge in [-0.15, -0.1) is 0 Å². The Labute approximate surface area is 110 Å². The van der Waals surface area contributed by atoms with Crippen molar-refractivity contribution in [2.75, 3.05) is 39.1 Å². The average Bonchev–Trinajstić information content (AvgIpc) is 2.36. The maximum atomic E-state index is 5.65.